The van der Waals surface area contributed by atoms with E-state index in [2.05, 4.69) is 0 Å². The largest absolute Gasteiger partial charge is 0.399 e. The molecule has 0 aromatic heterocycles. The number of nitrogens with one attached hydrogen (secondary N) is 1. The van der Waals surface area contributed by atoms with Gasteiger partial charge in [0.05, 0.1) is 6.10 Å². The van der Waals surface area contributed by atoms with E-state index in [1.165, 1.54) is 6.08 Å². The van der Waals surface area contributed by atoms with E-state index in [0.29, 0.717) is 5.70 Å². The van der Waals surface area contributed by atoms with Crippen LogP contribution in [0.4, 0.5) is 0 Å². The Morgan fingerprint density at radius 3 is 2.55 bits per heavy atom. The number of rotatable bonds is 3. The lowest BCUT2D eigenvalue weighted by Crippen LogP contribution is -2.04. The van der Waals surface area contributed by atoms with E-state index in [1.807, 2.05) is 0 Å². The molecule has 0 spiro atoms. The molecule has 62 valence electrons. The SMILES string of the molecule is CC(=C/C=N)/C(N)=C/C(C)O. The Balaban J connectivity index is 4.34. The van der Waals surface area contributed by atoms with Crippen LogP contribution in [0.25, 0.3) is 0 Å². The molecular weight excluding hydrogens is 140 g/mol. The Morgan fingerprint density at radius 1 is 1.64 bits per heavy atom. The van der Waals surface area contributed by atoms with Crippen LogP contribution >= 0.6 is 0 Å². The molecule has 0 saturated heterocycles. The van der Waals surface area contributed by atoms with Gasteiger partial charge in [-0.25, -0.2) is 0 Å². The van der Waals surface area contributed by atoms with Gasteiger partial charge in [-0.15, -0.1) is 0 Å². The summed E-state index contributed by atoms with van der Waals surface area (Å²) >= 11 is 0. The summed E-state index contributed by atoms with van der Waals surface area (Å²) in [6.45, 7) is 3.42. The number of aliphatic hydroxyl groups excluding tert-OH is 1. The Bertz CT molecular complexity index is 192. The lowest BCUT2D eigenvalue weighted by molar-refractivity contribution is 0.243. The standard InChI is InChI=1S/C8H14N2O/c1-6(3-4-9)8(10)5-7(2)11/h3-5,7,9,11H,10H2,1-2H3/b6-3-,8-5-,9-4?. The Labute approximate surface area is 66.7 Å². The molecule has 0 aromatic carbocycles. The smallest absolute Gasteiger partial charge is 0.0715 e. The maximum Gasteiger partial charge on any atom is 0.0715 e. The van der Waals surface area contributed by atoms with Gasteiger partial charge in [-0.2, -0.15) is 0 Å². The van der Waals surface area contributed by atoms with Crippen LogP contribution in [-0.4, -0.2) is 17.4 Å². The molecule has 0 fully saturated rings. The average Bonchev–Trinajstić information content (AvgIpc) is 1.86. The first-order chi connectivity index (χ1) is 5.07. The van der Waals surface area contributed by atoms with E-state index < -0.39 is 6.10 Å². The van der Waals surface area contributed by atoms with Crippen LogP contribution in [-0.2, 0) is 0 Å². The normalized spacial score (nSPS) is 16.3. The van der Waals surface area contributed by atoms with Crippen LogP contribution in [0.1, 0.15) is 13.8 Å². The maximum absolute atomic E-state index is 8.90. The van der Waals surface area contributed by atoms with Gasteiger partial charge in [0.2, 0.25) is 0 Å². The molecule has 0 amide bonds. The minimum absolute atomic E-state index is 0.517. The molecule has 0 aliphatic heterocycles. The molecule has 0 aliphatic rings. The van der Waals surface area contributed by atoms with Crippen LogP contribution < -0.4 is 5.73 Å². The van der Waals surface area contributed by atoms with Gasteiger partial charge >= 0.3 is 0 Å². The summed E-state index contributed by atoms with van der Waals surface area (Å²) < 4.78 is 0. The molecule has 3 nitrogen and oxygen atoms in total. The molecule has 0 rings (SSSR count). The molecule has 0 aliphatic carbocycles. The monoisotopic (exact) mass is 154 g/mol. The van der Waals surface area contributed by atoms with Crippen molar-refractivity contribution in [1.29, 1.82) is 5.41 Å². The van der Waals surface area contributed by atoms with Crippen molar-refractivity contribution in [1.82, 2.24) is 0 Å². The van der Waals surface area contributed by atoms with Crippen molar-refractivity contribution in [2.45, 2.75) is 20.0 Å². The van der Waals surface area contributed by atoms with Crippen LogP contribution in [0.5, 0.6) is 0 Å². The zero-order valence-corrected chi connectivity index (χ0v) is 6.83. The van der Waals surface area contributed by atoms with Crippen molar-refractivity contribution >= 4 is 6.21 Å². The quantitative estimate of drug-likeness (QED) is 0.416. The third kappa shape index (κ3) is 4.33. The molecule has 0 aromatic rings. The van der Waals surface area contributed by atoms with E-state index in [9.17, 15) is 0 Å². The van der Waals surface area contributed by atoms with Gasteiger partial charge in [0.15, 0.2) is 0 Å². The fourth-order valence-electron chi connectivity index (χ4n) is 0.613. The number of allylic oxidation sites excluding steroid dienone is 2. The lowest BCUT2D eigenvalue weighted by Gasteiger charge is -2.01. The summed E-state index contributed by atoms with van der Waals surface area (Å²) in [6.07, 6.45) is 3.74. The first-order valence-corrected chi connectivity index (χ1v) is 3.41. The molecular formula is C8H14N2O. The molecule has 11 heavy (non-hydrogen) atoms. The molecule has 0 heterocycles. The van der Waals surface area contributed by atoms with Crippen LogP contribution in [0.15, 0.2) is 23.4 Å². The molecule has 1 atom stereocenters. The topological polar surface area (TPSA) is 70.1 Å². The summed E-state index contributed by atoms with van der Waals surface area (Å²) in [4.78, 5) is 0. The zero-order chi connectivity index (χ0) is 8.85. The highest BCUT2D eigenvalue weighted by Gasteiger charge is 1.94. The maximum atomic E-state index is 8.90. The van der Waals surface area contributed by atoms with Crippen molar-refractivity contribution in [3.8, 4) is 0 Å². The predicted octanol–water partition coefficient (Wildman–Crippen LogP) is 0.806. The molecule has 0 bridgehead atoms. The summed E-state index contributed by atoms with van der Waals surface area (Å²) in [5, 5.41) is 15.7. The summed E-state index contributed by atoms with van der Waals surface area (Å²) in [7, 11) is 0. The Morgan fingerprint density at radius 2 is 2.18 bits per heavy atom. The van der Waals surface area contributed by atoms with Crippen molar-refractivity contribution in [2.75, 3.05) is 0 Å². The second-order valence-electron chi connectivity index (χ2n) is 2.38. The van der Waals surface area contributed by atoms with Crippen molar-refractivity contribution in [3.05, 3.63) is 23.4 Å². The van der Waals surface area contributed by atoms with Crippen molar-refractivity contribution in [3.63, 3.8) is 0 Å². The fourth-order valence-corrected chi connectivity index (χ4v) is 0.613. The number of hydrogen-bond donors (Lipinski definition) is 3. The van der Waals surface area contributed by atoms with Gasteiger partial charge in [0.25, 0.3) is 0 Å². The van der Waals surface area contributed by atoms with Gasteiger partial charge in [0.1, 0.15) is 0 Å². The van der Waals surface area contributed by atoms with E-state index in [0.717, 1.165) is 11.8 Å². The number of aliphatic hydroxyl groups is 1. The summed E-state index contributed by atoms with van der Waals surface area (Å²) in [5.41, 5.74) is 6.84. The highest BCUT2D eigenvalue weighted by atomic mass is 16.3. The molecule has 1 unspecified atom stereocenters. The van der Waals surface area contributed by atoms with Crippen LogP contribution in [0, 0.1) is 5.41 Å². The van der Waals surface area contributed by atoms with Gasteiger partial charge in [-0.05, 0) is 31.6 Å². The average molecular weight is 154 g/mol. The van der Waals surface area contributed by atoms with Crippen molar-refractivity contribution < 1.29 is 5.11 Å². The highest BCUT2D eigenvalue weighted by Crippen LogP contribution is 2.02. The van der Waals surface area contributed by atoms with E-state index in [-0.39, 0.29) is 0 Å². The fraction of sp³-hybridized carbons (Fsp3) is 0.375. The predicted molar refractivity (Wildman–Crippen MR) is 46.5 cm³/mol. The zero-order valence-electron chi connectivity index (χ0n) is 6.83. The highest BCUT2D eigenvalue weighted by molar-refractivity contribution is 5.70. The van der Waals surface area contributed by atoms with Crippen LogP contribution in [0.2, 0.25) is 0 Å². The Kier molecular flexibility index (Phi) is 4.22. The Hall–Kier alpha value is -1.09. The minimum Gasteiger partial charge on any atom is -0.399 e. The third-order valence-electron chi connectivity index (χ3n) is 1.21. The first kappa shape index (κ1) is 9.91. The second kappa shape index (κ2) is 4.68. The van der Waals surface area contributed by atoms with Gasteiger partial charge in [-0.3, -0.25) is 0 Å². The van der Waals surface area contributed by atoms with Gasteiger partial charge in [0, 0.05) is 11.9 Å². The summed E-state index contributed by atoms with van der Waals surface area (Å²) in [6, 6.07) is 0. The van der Waals surface area contributed by atoms with Gasteiger partial charge < -0.3 is 16.2 Å². The molecule has 0 saturated carbocycles. The summed E-state index contributed by atoms with van der Waals surface area (Å²) in [5.74, 6) is 0. The third-order valence-corrected chi connectivity index (χ3v) is 1.21. The molecule has 0 radical (unpaired) electrons. The molecule has 4 N–H and O–H groups in total. The van der Waals surface area contributed by atoms with E-state index >= 15 is 0 Å². The van der Waals surface area contributed by atoms with E-state index in [4.69, 9.17) is 16.2 Å². The van der Waals surface area contributed by atoms with Gasteiger partial charge in [-0.1, -0.05) is 0 Å². The molecule has 3 heteroatoms. The first-order valence-electron chi connectivity index (χ1n) is 3.41. The van der Waals surface area contributed by atoms with E-state index in [1.54, 1.807) is 19.9 Å². The second-order valence-corrected chi connectivity index (χ2v) is 2.38. The van der Waals surface area contributed by atoms with Crippen LogP contribution in [0.3, 0.4) is 0 Å². The van der Waals surface area contributed by atoms with Crippen molar-refractivity contribution in [2.24, 2.45) is 5.73 Å². The minimum atomic E-state index is -0.538. The number of nitrogens with two attached hydrogens (primary N) is 1. The lowest BCUT2D eigenvalue weighted by atomic mass is 10.2. The number of hydrogen-bond acceptors (Lipinski definition) is 3.